The molecular weight excluding hydrogens is 318 g/mol. The van der Waals surface area contributed by atoms with Crippen molar-refractivity contribution in [2.75, 3.05) is 13.7 Å². The summed E-state index contributed by atoms with van der Waals surface area (Å²) >= 11 is 0. The molecule has 1 aliphatic rings. The fourth-order valence-corrected chi connectivity index (χ4v) is 2.95. The van der Waals surface area contributed by atoms with Crippen LogP contribution in [0, 0.1) is 0 Å². The molecule has 0 saturated heterocycles. The number of likely N-dealkylation sites (N-methyl/N-ethyl adjacent to an activating group) is 1. The Bertz CT molecular complexity index is 841. The van der Waals surface area contributed by atoms with Gasteiger partial charge in [0, 0.05) is 19.0 Å². The number of esters is 1. The lowest BCUT2D eigenvalue weighted by atomic mass is 9.99. The van der Waals surface area contributed by atoms with Crippen LogP contribution in [0.5, 0.6) is 0 Å². The first-order valence-corrected chi connectivity index (χ1v) is 8.19. The number of hydrogen-bond donors (Lipinski definition) is 1. The van der Waals surface area contributed by atoms with E-state index in [1.54, 1.807) is 0 Å². The Hall–Kier alpha value is -2.95. The smallest absolute Gasteiger partial charge is 0.306 e. The van der Waals surface area contributed by atoms with Gasteiger partial charge in [-0.1, -0.05) is 36.4 Å². The van der Waals surface area contributed by atoms with Crippen LogP contribution in [0.15, 0.2) is 42.5 Å². The number of carbonyl (C=O) groups is 3. The number of Topliss-reactive ketones (excluding diaryl/α,β-unsaturated/α-hetero) is 1. The lowest BCUT2D eigenvalue weighted by molar-refractivity contribution is -0.148. The number of fused-ring (bicyclic) bond motifs is 3. The van der Waals surface area contributed by atoms with Crippen molar-refractivity contribution in [3.8, 4) is 11.1 Å². The van der Waals surface area contributed by atoms with E-state index >= 15 is 0 Å². The van der Waals surface area contributed by atoms with E-state index in [4.69, 9.17) is 4.74 Å². The van der Waals surface area contributed by atoms with Gasteiger partial charge in [-0.15, -0.1) is 0 Å². The molecular formula is C20H19NO4. The maximum Gasteiger partial charge on any atom is 0.306 e. The average Bonchev–Trinajstić information content (AvgIpc) is 3.01. The molecule has 0 bridgehead atoms. The van der Waals surface area contributed by atoms with Crippen LogP contribution in [-0.2, 0) is 20.7 Å². The van der Waals surface area contributed by atoms with E-state index in [0.717, 1.165) is 17.5 Å². The Kier molecular flexibility index (Phi) is 4.93. The molecule has 0 spiro atoms. The zero-order chi connectivity index (χ0) is 17.8. The topological polar surface area (TPSA) is 72.5 Å². The Morgan fingerprint density at radius 3 is 2.56 bits per heavy atom. The van der Waals surface area contributed by atoms with Gasteiger partial charge >= 0.3 is 5.97 Å². The Labute approximate surface area is 146 Å². The highest BCUT2D eigenvalue weighted by Crippen LogP contribution is 2.36. The third-order valence-electron chi connectivity index (χ3n) is 4.32. The van der Waals surface area contributed by atoms with E-state index in [-0.39, 0.29) is 31.1 Å². The van der Waals surface area contributed by atoms with E-state index in [1.165, 1.54) is 18.2 Å². The van der Waals surface area contributed by atoms with Crippen LogP contribution in [0.3, 0.4) is 0 Å². The number of ether oxygens (including phenoxy) is 1. The summed E-state index contributed by atoms with van der Waals surface area (Å²) in [4.78, 5) is 35.0. The molecule has 1 N–H and O–H groups in total. The van der Waals surface area contributed by atoms with Crippen molar-refractivity contribution in [3.63, 3.8) is 0 Å². The molecule has 0 heterocycles. The summed E-state index contributed by atoms with van der Waals surface area (Å²) in [5.41, 5.74) is 5.32. The van der Waals surface area contributed by atoms with Crippen molar-refractivity contribution in [3.05, 3.63) is 59.2 Å². The summed E-state index contributed by atoms with van der Waals surface area (Å²) in [7, 11) is 1.46. The summed E-state index contributed by atoms with van der Waals surface area (Å²) in [5, 5.41) is 2.36. The number of carbonyl (C=O) groups excluding carboxylic acids is 3. The molecule has 5 nitrogen and oxygen atoms in total. The lowest BCUT2D eigenvalue weighted by Crippen LogP contribution is -2.25. The van der Waals surface area contributed by atoms with Gasteiger partial charge in [-0.05, 0) is 34.7 Å². The molecule has 0 fully saturated rings. The monoisotopic (exact) mass is 337 g/mol. The molecule has 0 saturated carbocycles. The van der Waals surface area contributed by atoms with Gasteiger partial charge in [0.2, 0.25) is 0 Å². The molecule has 2 aromatic carbocycles. The highest BCUT2D eigenvalue weighted by molar-refractivity contribution is 5.99. The molecule has 0 atom stereocenters. The zero-order valence-corrected chi connectivity index (χ0v) is 14.0. The zero-order valence-electron chi connectivity index (χ0n) is 14.0. The van der Waals surface area contributed by atoms with Crippen LogP contribution in [0.1, 0.15) is 34.3 Å². The van der Waals surface area contributed by atoms with Crippen molar-refractivity contribution >= 4 is 17.7 Å². The van der Waals surface area contributed by atoms with Gasteiger partial charge in [-0.2, -0.15) is 0 Å². The molecule has 0 aliphatic heterocycles. The minimum Gasteiger partial charge on any atom is -0.456 e. The SMILES string of the molecule is CNC(=O)COC(=O)CCC(=O)c1ccc2c(c1)-c1ccccc1C2. The van der Waals surface area contributed by atoms with Crippen LogP contribution in [0.25, 0.3) is 11.1 Å². The maximum absolute atomic E-state index is 12.4. The lowest BCUT2D eigenvalue weighted by Gasteiger charge is -2.06. The highest BCUT2D eigenvalue weighted by atomic mass is 16.5. The van der Waals surface area contributed by atoms with Crippen molar-refractivity contribution in [2.24, 2.45) is 0 Å². The van der Waals surface area contributed by atoms with Crippen LogP contribution < -0.4 is 5.32 Å². The molecule has 1 aliphatic carbocycles. The maximum atomic E-state index is 12.4. The minimum atomic E-state index is -0.552. The van der Waals surface area contributed by atoms with Crippen molar-refractivity contribution in [1.29, 1.82) is 0 Å². The highest BCUT2D eigenvalue weighted by Gasteiger charge is 2.19. The molecule has 1 amide bonds. The standard InChI is InChI=1S/C20H19NO4/c1-21-19(23)12-25-20(24)9-8-18(22)15-7-6-14-10-13-4-2-3-5-16(13)17(14)11-15/h2-7,11H,8-10,12H2,1H3,(H,21,23). The minimum absolute atomic E-state index is 0.0382. The largest absolute Gasteiger partial charge is 0.456 e. The van der Waals surface area contributed by atoms with Gasteiger partial charge in [-0.3, -0.25) is 14.4 Å². The fourth-order valence-electron chi connectivity index (χ4n) is 2.95. The van der Waals surface area contributed by atoms with E-state index in [9.17, 15) is 14.4 Å². The number of nitrogens with one attached hydrogen (secondary N) is 1. The van der Waals surface area contributed by atoms with E-state index in [1.807, 2.05) is 30.3 Å². The Morgan fingerprint density at radius 2 is 1.76 bits per heavy atom. The predicted molar refractivity (Wildman–Crippen MR) is 93.3 cm³/mol. The number of ketones is 1. The average molecular weight is 337 g/mol. The molecule has 2 aromatic rings. The summed E-state index contributed by atoms with van der Waals surface area (Å²) in [6, 6.07) is 13.9. The number of hydrogen-bond acceptors (Lipinski definition) is 4. The van der Waals surface area contributed by atoms with Gasteiger partial charge in [0.15, 0.2) is 12.4 Å². The second kappa shape index (κ2) is 7.30. The Morgan fingerprint density at radius 1 is 1.00 bits per heavy atom. The molecule has 25 heavy (non-hydrogen) atoms. The molecule has 3 rings (SSSR count). The van der Waals surface area contributed by atoms with Crippen molar-refractivity contribution in [1.82, 2.24) is 5.32 Å². The molecule has 0 radical (unpaired) electrons. The van der Waals surface area contributed by atoms with Gasteiger partial charge in [0.05, 0.1) is 6.42 Å². The molecule has 5 heteroatoms. The summed E-state index contributed by atoms with van der Waals surface area (Å²) in [6.45, 7) is -0.320. The third-order valence-corrected chi connectivity index (χ3v) is 4.32. The quantitative estimate of drug-likeness (QED) is 0.554. The van der Waals surface area contributed by atoms with Crippen LogP contribution in [0.4, 0.5) is 0 Å². The fraction of sp³-hybridized carbons (Fsp3) is 0.250. The summed E-state index contributed by atoms with van der Waals surface area (Å²) in [5.74, 6) is -1.04. The Balaban J connectivity index is 1.63. The van der Waals surface area contributed by atoms with Crippen LogP contribution in [-0.4, -0.2) is 31.3 Å². The van der Waals surface area contributed by atoms with E-state index < -0.39 is 5.97 Å². The molecule has 128 valence electrons. The normalized spacial score (nSPS) is 11.4. The number of amides is 1. The second-order valence-electron chi connectivity index (χ2n) is 5.96. The first-order valence-electron chi connectivity index (χ1n) is 8.19. The third kappa shape index (κ3) is 3.76. The summed E-state index contributed by atoms with van der Waals surface area (Å²) < 4.78 is 4.80. The molecule has 0 unspecified atom stereocenters. The van der Waals surface area contributed by atoms with Gasteiger partial charge in [-0.25, -0.2) is 0 Å². The van der Waals surface area contributed by atoms with Crippen LogP contribution >= 0.6 is 0 Å². The van der Waals surface area contributed by atoms with E-state index in [0.29, 0.717) is 5.56 Å². The van der Waals surface area contributed by atoms with Gasteiger partial charge < -0.3 is 10.1 Å². The number of rotatable bonds is 6. The summed E-state index contributed by atoms with van der Waals surface area (Å²) in [6.07, 6.45) is 0.905. The van der Waals surface area contributed by atoms with Crippen molar-refractivity contribution in [2.45, 2.75) is 19.3 Å². The number of benzene rings is 2. The van der Waals surface area contributed by atoms with Crippen molar-refractivity contribution < 1.29 is 19.1 Å². The van der Waals surface area contributed by atoms with E-state index in [2.05, 4.69) is 17.4 Å². The second-order valence-corrected chi connectivity index (χ2v) is 5.96. The van der Waals surface area contributed by atoms with Gasteiger partial charge in [0.1, 0.15) is 0 Å². The van der Waals surface area contributed by atoms with Crippen LogP contribution in [0.2, 0.25) is 0 Å². The predicted octanol–water partition coefficient (Wildman–Crippen LogP) is 2.51. The first-order chi connectivity index (χ1) is 12.1. The van der Waals surface area contributed by atoms with Gasteiger partial charge in [0.25, 0.3) is 5.91 Å². The molecule has 0 aromatic heterocycles. The first kappa shape index (κ1) is 16.9.